The third-order valence-corrected chi connectivity index (χ3v) is 6.11. The maximum absolute atomic E-state index is 12.5. The van der Waals surface area contributed by atoms with Gasteiger partial charge in [0.15, 0.2) is 0 Å². The molecule has 8 nitrogen and oxygen atoms in total. The Morgan fingerprint density at radius 2 is 2.14 bits per heavy atom. The van der Waals surface area contributed by atoms with Gasteiger partial charge in [-0.05, 0) is 25.3 Å². The molecule has 2 amide bonds. The van der Waals surface area contributed by atoms with Crippen molar-refractivity contribution in [1.29, 1.82) is 0 Å². The minimum atomic E-state index is -0.610. The number of para-hydroxylation sites is 1. The molecule has 5 rings (SSSR count). The standard InChI is InChI=1S/C20H21N5O3/c26-18(24-28)13-10-22-17(15-12-4-1-2-5-14(12)23-16(13)15)25-9-3-6-20(11-25)7-8-21-19(20)27/h1-2,4-5,10,23,28H,3,6-9,11H2,(H,21,27)(H,24,26). The Hall–Kier alpha value is -3.13. The number of nitrogens with zero attached hydrogens (tertiary/aromatic N) is 2. The second kappa shape index (κ2) is 6.20. The van der Waals surface area contributed by atoms with Crippen molar-refractivity contribution in [1.82, 2.24) is 20.8 Å². The zero-order chi connectivity index (χ0) is 19.3. The number of hydrogen-bond acceptors (Lipinski definition) is 5. The number of H-pyrrole nitrogens is 1. The van der Waals surface area contributed by atoms with Crippen LogP contribution in [0.15, 0.2) is 30.5 Å². The van der Waals surface area contributed by atoms with Gasteiger partial charge >= 0.3 is 0 Å². The molecular weight excluding hydrogens is 358 g/mol. The van der Waals surface area contributed by atoms with Crippen LogP contribution >= 0.6 is 0 Å². The molecular formula is C20H21N5O3. The van der Waals surface area contributed by atoms with E-state index in [1.807, 2.05) is 24.3 Å². The van der Waals surface area contributed by atoms with E-state index in [2.05, 4.69) is 20.2 Å². The van der Waals surface area contributed by atoms with E-state index in [1.165, 1.54) is 6.20 Å². The number of aromatic nitrogens is 2. The summed E-state index contributed by atoms with van der Waals surface area (Å²) >= 11 is 0. The SMILES string of the molecule is O=C(NO)c1cnc(N2CCCC3(CCNC3=O)C2)c2c1[nH]c1ccccc12. The number of anilines is 1. The quantitative estimate of drug-likeness (QED) is 0.402. The molecule has 2 aliphatic rings. The second-order valence-electron chi connectivity index (χ2n) is 7.67. The largest absolute Gasteiger partial charge is 0.356 e. The molecule has 0 saturated carbocycles. The van der Waals surface area contributed by atoms with Gasteiger partial charge in [0.05, 0.1) is 21.9 Å². The minimum Gasteiger partial charge on any atom is -0.356 e. The van der Waals surface area contributed by atoms with E-state index in [1.54, 1.807) is 5.48 Å². The Morgan fingerprint density at radius 3 is 2.93 bits per heavy atom. The smallest absolute Gasteiger partial charge is 0.278 e. The third kappa shape index (κ3) is 2.37. The number of fused-ring (bicyclic) bond motifs is 3. The average Bonchev–Trinajstić information content (AvgIpc) is 3.28. The van der Waals surface area contributed by atoms with Crippen molar-refractivity contribution in [3.63, 3.8) is 0 Å². The first kappa shape index (κ1) is 17.0. The molecule has 0 aliphatic carbocycles. The number of hydroxylamine groups is 1. The maximum atomic E-state index is 12.5. The molecule has 2 saturated heterocycles. The highest BCUT2D eigenvalue weighted by Crippen LogP contribution is 2.41. The van der Waals surface area contributed by atoms with Crippen LogP contribution in [-0.2, 0) is 4.79 Å². The number of carbonyl (C=O) groups is 2. The maximum Gasteiger partial charge on any atom is 0.278 e. The molecule has 144 valence electrons. The summed E-state index contributed by atoms with van der Waals surface area (Å²) in [6.45, 7) is 2.15. The summed E-state index contributed by atoms with van der Waals surface area (Å²) in [5.74, 6) is 0.283. The zero-order valence-corrected chi connectivity index (χ0v) is 15.3. The molecule has 1 unspecified atom stereocenters. The molecule has 1 spiro atoms. The minimum absolute atomic E-state index is 0.128. The number of rotatable bonds is 2. The highest BCUT2D eigenvalue weighted by Gasteiger charge is 2.45. The van der Waals surface area contributed by atoms with E-state index in [9.17, 15) is 9.59 Å². The van der Waals surface area contributed by atoms with E-state index >= 15 is 0 Å². The first-order valence-electron chi connectivity index (χ1n) is 9.50. The average molecular weight is 379 g/mol. The lowest BCUT2D eigenvalue weighted by Gasteiger charge is -2.39. The highest BCUT2D eigenvalue weighted by molar-refractivity contribution is 6.18. The molecule has 0 radical (unpaired) electrons. The number of aromatic amines is 1. The first-order chi connectivity index (χ1) is 13.6. The van der Waals surface area contributed by atoms with Crippen molar-refractivity contribution in [3.05, 3.63) is 36.0 Å². The van der Waals surface area contributed by atoms with Crippen molar-refractivity contribution < 1.29 is 14.8 Å². The number of amides is 2. The number of carbonyl (C=O) groups excluding carboxylic acids is 2. The fraction of sp³-hybridized carbons (Fsp3) is 0.350. The van der Waals surface area contributed by atoms with Crippen LogP contribution in [0.4, 0.5) is 5.82 Å². The van der Waals surface area contributed by atoms with Crippen LogP contribution < -0.4 is 15.7 Å². The van der Waals surface area contributed by atoms with Crippen molar-refractivity contribution in [2.24, 2.45) is 5.41 Å². The van der Waals surface area contributed by atoms with Crippen molar-refractivity contribution in [3.8, 4) is 0 Å². The van der Waals surface area contributed by atoms with Gasteiger partial charge < -0.3 is 15.2 Å². The van der Waals surface area contributed by atoms with Gasteiger partial charge in [-0.25, -0.2) is 10.5 Å². The molecule has 4 heterocycles. The van der Waals surface area contributed by atoms with Crippen LogP contribution in [0.3, 0.4) is 0 Å². The first-order valence-corrected chi connectivity index (χ1v) is 9.50. The summed E-state index contributed by atoms with van der Waals surface area (Å²) in [4.78, 5) is 34.7. The fourth-order valence-corrected chi connectivity index (χ4v) is 4.72. The predicted octanol–water partition coefficient (Wildman–Crippen LogP) is 1.94. The lowest BCUT2D eigenvalue weighted by atomic mass is 9.78. The fourth-order valence-electron chi connectivity index (χ4n) is 4.72. The van der Waals surface area contributed by atoms with Crippen LogP contribution in [0.5, 0.6) is 0 Å². The van der Waals surface area contributed by atoms with Gasteiger partial charge in [0.1, 0.15) is 5.82 Å². The molecule has 8 heteroatoms. The summed E-state index contributed by atoms with van der Waals surface area (Å²) in [7, 11) is 0. The van der Waals surface area contributed by atoms with Gasteiger partial charge in [0.2, 0.25) is 5.91 Å². The Morgan fingerprint density at radius 1 is 1.29 bits per heavy atom. The van der Waals surface area contributed by atoms with E-state index in [0.717, 1.165) is 54.5 Å². The lowest BCUT2D eigenvalue weighted by Crippen LogP contribution is -2.47. The number of hydrogen-bond donors (Lipinski definition) is 4. The van der Waals surface area contributed by atoms with Crippen LogP contribution in [0.1, 0.15) is 29.6 Å². The molecule has 4 N–H and O–H groups in total. The van der Waals surface area contributed by atoms with Gasteiger partial charge in [-0.2, -0.15) is 0 Å². The molecule has 3 aromatic rings. The summed E-state index contributed by atoms with van der Waals surface area (Å²) in [5, 5.41) is 13.9. The lowest BCUT2D eigenvalue weighted by molar-refractivity contribution is -0.128. The Bertz CT molecular complexity index is 1110. The number of piperidine rings is 1. The van der Waals surface area contributed by atoms with E-state index in [-0.39, 0.29) is 16.9 Å². The highest BCUT2D eigenvalue weighted by atomic mass is 16.5. The second-order valence-corrected chi connectivity index (χ2v) is 7.67. The third-order valence-electron chi connectivity index (χ3n) is 6.11. The van der Waals surface area contributed by atoms with Gasteiger partial charge in [0, 0.05) is 36.7 Å². The molecule has 2 aromatic heterocycles. The Labute approximate surface area is 160 Å². The van der Waals surface area contributed by atoms with Crippen LogP contribution in [-0.4, -0.2) is 46.6 Å². The Balaban J connectivity index is 1.69. The van der Waals surface area contributed by atoms with Crippen LogP contribution in [0.25, 0.3) is 21.8 Å². The monoisotopic (exact) mass is 379 g/mol. The molecule has 1 aromatic carbocycles. The topological polar surface area (TPSA) is 110 Å². The Kier molecular flexibility index (Phi) is 3.77. The normalized spacial score (nSPS) is 22.2. The molecule has 1 atom stereocenters. The van der Waals surface area contributed by atoms with Gasteiger partial charge in [-0.15, -0.1) is 0 Å². The van der Waals surface area contributed by atoms with Gasteiger partial charge in [0.25, 0.3) is 5.91 Å². The number of nitrogens with one attached hydrogen (secondary N) is 3. The van der Waals surface area contributed by atoms with Crippen molar-refractivity contribution >= 4 is 39.4 Å². The molecule has 2 fully saturated rings. The summed E-state index contributed by atoms with van der Waals surface area (Å²) < 4.78 is 0. The van der Waals surface area contributed by atoms with Crippen molar-refractivity contribution in [2.75, 3.05) is 24.5 Å². The molecule has 28 heavy (non-hydrogen) atoms. The van der Waals surface area contributed by atoms with E-state index in [4.69, 9.17) is 5.21 Å². The van der Waals surface area contributed by atoms with Crippen LogP contribution in [0.2, 0.25) is 0 Å². The molecule has 0 bridgehead atoms. The van der Waals surface area contributed by atoms with E-state index in [0.29, 0.717) is 12.1 Å². The van der Waals surface area contributed by atoms with Crippen LogP contribution in [0, 0.1) is 5.41 Å². The van der Waals surface area contributed by atoms with E-state index < -0.39 is 5.91 Å². The predicted molar refractivity (Wildman–Crippen MR) is 104 cm³/mol. The summed E-state index contributed by atoms with van der Waals surface area (Å²) in [5.41, 5.74) is 3.14. The number of pyridine rings is 1. The zero-order valence-electron chi connectivity index (χ0n) is 15.3. The van der Waals surface area contributed by atoms with Gasteiger partial charge in [-0.3, -0.25) is 14.8 Å². The van der Waals surface area contributed by atoms with Crippen molar-refractivity contribution in [2.45, 2.75) is 19.3 Å². The number of benzene rings is 1. The molecule has 2 aliphatic heterocycles. The van der Waals surface area contributed by atoms with Gasteiger partial charge in [-0.1, -0.05) is 18.2 Å². The summed E-state index contributed by atoms with van der Waals surface area (Å²) in [6.07, 6.45) is 4.12. The summed E-state index contributed by atoms with van der Waals surface area (Å²) in [6, 6.07) is 7.81.